The predicted molar refractivity (Wildman–Crippen MR) is 91.7 cm³/mol. The number of aryl methyl sites for hydroxylation is 1. The summed E-state index contributed by atoms with van der Waals surface area (Å²) in [4.78, 5) is 39.2. The van der Waals surface area contributed by atoms with Gasteiger partial charge in [0.25, 0.3) is 5.91 Å². The SMILES string of the molecule is Cn1nnnc1SCC(=O)N1CCC2C(OS(C)(=O)=O)=C(C(=O)[O-])N3C(=O)[C@@H]1[C@@H]23.[Na+]. The molecular formula is C14H15N6NaO7S2. The zero-order valence-corrected chi connectivity index (χ0v) is 19.8. The van der Waals surface area contributed by atoms with Gasteiger partial charge in [-0.15, -0.1) is 5.10 Å². The van der Waals surface area contributed by atoms with E-state index in [1.54, 1.807) is 7.05 Å². The van der Waals surface area contributed by atoms with Gasteiger partial charge in [0, 0.05) is 19.5 Å². The van der Waals surface area contributed by atoms with Crippen molar-refractivity contribution in [3.05, 3.63) is 11.5 Å². The van der Waals surface area contributed by atoms with Gasteiger partial charge in [-0.3, -0.25) is 14.5 Å². The molecule has 30 heavy (non-hydrogen) atoms. The number of rotatable bonds is 6. The van der Waals surface area contributed by atoms with Gasteiger partial charge in [0.05, 0.1) is 24.0 Å². The van der Waals surface area contributed by atoms with Gasteiger partial charge < -0.3 is 19.0 Å². The standard InChI is InChI=1S/C14H16N6O7S2.Na/c1-18-14(15-16-17-18)28-5-7(21)19-4-3-6-8-9(19)12(22)20(8)10(13(23)24)11(6)27-29(2,25)26;/h6,8-9H,3-5H2,1-2H3,(H,23,24);/q;+1/p-1/t6?,8-,9+;/m1./s1. The van der Waals surface area contributed by atoms with Gasteiger partial charge in [-0.05, 0) is 16.8 Å². The van der Waals surface area contributed by atoms with Crippen LogP contribution in [-0.2, 0) is 35.7 Å². The summed E-state index contributed by atoms with van der Waals surface area (Å²) in [5, 5.41) is 22.9. The minimum absolute atomic E-state index is 0. The van der Waals surface area contributed by atoms with Gasteiger partial charge in [-0.2, -0.15) is 8.42 Å². The minimum atomic E-state index is -4.01. The Morgan fingerprint density at radius 3 is 2.63 bits per heavy atom. The monoisotopic (exact) mass is 466 g/mol. The first-order valence-corrected chi connectivity index (χ1v) is 11.2. The number of thioether (sulfide) groups is 1. The second kappa shape index (κ2) is 8.11. The number of hydrogen-bond donors (Lipinski definition) is 0. The molecule has 1 aromatic heterocycles. The molecule has 2 saturated heterocycles. The summed E-state index contributed by atoms with van der Waals surface area (Å²) in [5.74, 6) is -3.59. The van der Waals surface area contributed by atoms with E-state index >= 15 is 0 Å². The number of aromatic nitrogens is 4. The second-order valence-corrected chi connectivity index (χ2v) is 9.30. The van der Waals surface area contributed by atoms with Crippen LogP contribution in [0, 0.1) is 5.92 Å². The van der Waals surface area contributed by atoms with Crippen molar-refractivity contribution in [2.24, 2.45) is 13.0 Å². The first kappa shape index (κ1) is 23.0. The number of nitrogens with zero attached hydrogens (tertiary/aromatic N) is 6. The van der Waals surface area contributed by atoms with Crippen molar-refractivity contribution >= 4 is 39.7 Å². The molecular weight excluding hydrogens is 451 g/mol. The molecule has 0 bridgehead atoms. The van der Waals surface area contributed by atoms with Gasteiger partial charge in [-0.1, -0.05) is 11.8 Å². The molecule has 1 aromatic rings. The van der Waals surface area contributed by atoms with Crippen LogP contribution in [0.15, 0.2) is 16.6 Å². The maximum atomic E-state index is 12.7. The summed E-state index contributed by atoms with van der Waals surface area (Å²) in [5.41, 5.74) is -0.583. The Hall–Kier alpha value is -1.68. The number of carboxylic acid groups (broad SMARTS) is 1. The second-order valence-electron chi connectivity index (χ2n) is 6.79. The number of amides is 2. The van der Waals surface area contributed by atoms with E-state index in [0.717, 1.165) is 22.9 Å². The van der Waals surface area contributed by atoms with Crippen LogP contribution in [0.3, 0.4) is 0 Å². The molecule has 0 radical (unpaired) electrons. The minimum Gasteiger partial charge on any atom is -0.543 e. The third-order valence-corrected chi connectivity index (χ3v) is 6.49. The van der Waals surface area contributed by atoms with E-state index in [4.69, 9.17) is 4.18 Å². The van der Waals surface area contributed by atoms with E-state index in [1.807, 2.05) is 0 Å². The Balaban J connectivity index is 0.00000256. The van der Waals surface area contributed by atoms with Crippen molar-refractivity contribution in [1.29, 1.82) is 0 Å². The van der Waals surface area contributed by atoms with Crippen LogP contribution in [0.4, 0.5) is 0 Å². The van der Waals surface area contributed by atoms with Crippen LogP contribution in [-0.4, -0.2) is 86.8 Å². The van der Waals surface area contributed by atoms with Crippen LogP contribution in [0.1, 0.15) is 6.42 Å². The van der Waals surface area contributed by atoms with E-state index in [9.17, 15) is 27.9 Å². The average molecular weight is 466 g/mol. The van der Waals surface area contributed by atoms with Crippen molar-refractivity contribution < 1.29 is 61.6 Å². The van der Waals surface area contributed by atoms with Crippen LogP contribution in [0.25, 0.3) is 0 Å². The summed E-state index contributed by atoms with van der Waals surface area (Å²) < 4.78 is 29.4. The fourth-order valence-corrected chi connectivity index (χ4v) is 5.20. The van der Waals surface area contributed by atoms with E-state index in [0.29, 0.717) is 5.16 Å². The van der Waals surface area contributed by atoms with E-state index in [-0.39, 0.29) is 59.9 Å². The molecule has 3 aliphatic heterocycles. The van der Waals surface area contributed by atoms with E-state index in [2.05, 4.69) is 15.5 Å². The zero-order valence-electron chi connectivity index (χ0n) is 16.2. The maximum Gasteiger partial charge on any atom is 1.00 e. The number of hydrogen-bond acceptors (Lipinski definition) is 11. The fraction of sp³-hybridized carbons (Fsp3) is 0.571. The van der Waals surface area contributed by atoms with E-state index < -0.39 is 45.7 Å². The summed E-state index contributed by atoms with van der Waals surface area (Å²) in [7, 11) is -2.38. The van der Waals surface area contributed by atoms with Crippen LogP contribution in [0.5, 0.6) is 0 Å². The number of piperidine rings is 1. The molecule has 0 aromatic carbocycles. The topological polar surface area (TPSA) is 168 Å². The molecule has 0 spiro atoms. The number of carboxylic acids is 1. The fourth-order valence-electron chi connectivity index (χ4n) is 3.94. The number of likely N-dealkylation sites (tertiary alicyclic amines) is 1. The molecule has 156 valence electrons. The Morgan fingerprint density at radius 1 is 1.37 bits per heavy atom. The van der Waals surface area contributed by atoms with Crippen LogP contribution < -0.4 is 34.7 Å². The van der Waals surface area contributed by atoms with Gasteiger partial charge in [0.1, 0.15) is 11.7 Å². The maximum absolute atomic E-state index is 12.7. The molecule has 4 rings (SSSR count). The molecule has 3 atom stereocenters. The van der Waals surface area contributed by atoms with Crippen molar-refractivity contribution in [2.45, 2.75) is 23.7 Å². The first-order valence-electron chi connectivity index (χ1n) is 8.43. The average Bonchev–Trinajstić information content (AvgIpc) is 3.17. The number of tetrazole rings is 1. The van der Waals surface area contributed by atoms with Crippen LogP contribution in [0.2, 0.25) is 0 Å². The van der Waals surface area contributed by atoms with Gasteiger partial charge >= 0.3 is 39.7 Å². The Labute approximate surface area is 197 Å². The third kappa shape index (κ3) is 3.72. The van der Waals surface area contributed by atoms with Gasteiger partial charge in [0.15, 0.2) is 5.76 Å². The zero-order chi connectivity index (χ0) is 21.1. The van der Waals surface area contributed by atoms with Crippen molar-refractivity contribution in [3.8, 4) is 0 Å². The number of carbonyl (C=O) groups is 3. The number of β-lactam (4-membered cyclic amide) rings is 1. The molecule has 2 fully saturated rings. The summed E-state index contributed by atoms with van der Waals surface area (Å²) in [6.07, 6.45) is 1.04. The Morgan fingerprint density at radius 2 is 2.07 bits per heavy atom. The van der Waals surface area contributed by atoms with Crippen molar-refractivity contribution in [1.82, 2.24) is 30.0 Å². The Kier molecular flexibility index (Phi) is 6.21. The summed E-state index contributed by atoms with van der Waals surface area (Å²) in [6.45, 7) is 0.152. The number of aliphatic carboxylic acids is 1. The van der Waals surface area contributed by atoms with Crippen molar-refractivity contribution in [2.75, 3.05) is 18.6 Å². The normalized spacial score (nSPS) is 24.9. The summed E-state index contributed by atoms with van der Waals surface area (Å²) in [6, 6.07) is -1.57. The molecule has 1 unspecified atom stereocenters. The molecule has 3 aliphatic rings. The molecule has 0 aliphatic carbocycles. The first-order chi connectivity index (χ1) is 13.6. The molecule has 4 heterocycles. The molecule has 16 heteroatoms. The smallest absolute Gasteiger partial charge is 0.543 e. The van der Waals surface area contributed by atoms with Gasteiger partial charge in [0.2, 0.25) is 11.1 Å². The molecule has 0 saturated carbocycles. The van der Waals surface area contributed by atoms with E-state index in [1.165, 1.54) is 9.58 Å². The van der Waals surface area contributed by atoms with Crippen LogP contribution >= 0.6 is 11.8 Å². The summed E-state index contributed by atoms with van der Waals surface area (Å²) >= 11 is 1.11. The quantitative estimate of drug-likeness (QED) is 0.169. The molecule has 13 nitrogen and oxygen atoms in total. The third-order valence-electron chi connectivity index (χ3n) is 5.01. The number of carbonyl (C=O) groups excluding carboxylic acids is 3. The Bertz CT molecular complexity index is 1060. The molecule has 2 amide bonds. The van der Waals surface area contributed by atoms with Gasteiger partial charge in [-0.25, -0.2) is 4.68 Å². The predicted octanol–water partition coefficient (Wildman–Crippen LogP) is -6.31. The van der Waals surface area contributed by atoms with Crippen molar-refractivity contribution in [3.63, 3.8) is 0 Å². The largest absolute Gasteiger partial charge is 1.00 e. The molecule has 0 N–H and O–H groups in total.